The number of nitrogens with one attached hydrogen (secondary N) is 3. The standard InChI is InChI=1S/C21H15BrClF3N6O/c22-12-10-29-32-17(9-16(30-20(12)32)11-3-1-2-4-13(11)23)27-7-8-28-21(33)31-15-6-5-14(24)18(25)19(15)26/h1-6,9-10,27H,7-8H2,(H2,28,31,33). The van der Waals surface area contributed by atoms with E-state index in [9.17, 15) is 18.0 Å². The number of anilines is 2. The van der Waals surface area contributed by atoms with Crippen molar-refractivity contribution in [1.82, 2.24) is 19.9 Å². The van der Waals surface area contributed by atoms with Crippen LogP contribution in [0.25, 0.3) is 16.9 Å². The lowest BCUT2D eigenvalue weighted by Gasteiger charge is -2.13. The molecule has 0 bridgehead atoms. The summed E-state index contributed by atoms with van der Waals surface area (Å²) >= 11 is 9.74. The van der Waals surface area contributed by atoms with Crippen LogP contribution < -0.4 is 16.0 Å². The Balaban J connectivity index is 1.44. The van der Waals surface area contributed by atoms with Crippen LogP contribution in [0.2, 0.25) is 5.02 Å². The Morgan fingerprint density at radius 1 is 1.09 bits per heavy atom. The van der Waals surface area contributed by atoms with Crippen molar-refractivity contribution in [3.8, 4) is 11.3 Å². The highest BCUT2D eigenvalue weighted by Crippen LogP contribution is 2.30. The maximum Gasteiger partial charge on any atom is 0.319 e. The summed E-state index contributed by atoms with van der Waals surface area (Å²) in [7, 11) is 0. The number of hydrogen-bond donors (Lipinski definition) is 3. The molecule has 2 amide bonds. The number of amides is 2. The van der Waals surface area contributed by atoms with Gasteiger partial charge in [-0.15, -0.1) is 0 Å². The summed E-state index contributed by atoms with van der Waals surface area (Å²) in [6.45, 7) is 0.400. The van der Waals surface area contributed by atoms with Gasteiger partial charge in [-0.05, 0) is 34.1 Å². The molecule has 3 N–H and O–H groups in total. The van der Waals surface area contributed by atoms with Gasteiger partial charge in [0.25, 0.3) is 0 Å². The third-order valence-corrected chi connectivity index (χ3v) is 5.47. The van der Waals surface area contributed by atoms with Crippen LogP contribution in [-0.4, -0.2) is 33.7 Å². The molecule has 2 heterocycles. The largest absolute Gasteiger partial charge is 0.368 e. The fourth-order valence-electron chi connectivity index (χ4n) is 3.02. The number of hydrogen-bond acceptors (Lipinski definition) is 4. The quantitative estimate of drug-likeness (QED) is 0.224. The topological polar surface area (TPSA) is 83.3 Å². The second kappa shape index (κ2) is 9.67. The Bertz CT molecular complexity index is 1350. The second-order valence-corrected chi connectivity index (χ2v) is 8.03. The highest BCUT2D eigenvalue weighted by Gasteiger charge is 2.16. The Labute approximate surface area is 199 Å². The molecule has 2 aromatic heterocycles. The Morgan fingerprint density at radius 2 is 1.88 bits per heavy atom. The highest BCUT2D eigenvalue weighted by atomic mass is 79.9. The van der Waals surface area contributed by atoms with E-state index in [0.29, 0.717) is 26.7 Å². The molecule has 0 aliphatic rings. The molecule has 0 unspecified atom stereocenters. The minimum atomic E-state index is -1.66. The maximum absolute atomic E-state index is 13.7. The van der Waals surface area contributed by atoms with Gasteiger partial charge in [-0.1, -0.05) is 29.8 Å². The molecule has 12 heteroatoms. The van der Waals surface area contributed by atoms with Crippen molar-refractivity contribution < 1.29 is 18.0 Å². The highest BCUT2D eigenvalue weighted by molar-refractivity contribution is 9.10. The smallest absolute Gasteiger partial charge is 0.319 e. The van der Waals surface area contributed by atoms with Gasteiger partial charge in [-0.2, -0.15) is 9.61 Å². The number of carbonyl (C=O) groups excluding carboxylic acids is 1. The van der Waals surface area contributed by atoms with E-state index in [2.05, 4.69) is 42.0 Å². The number of fused-ring (bicyclic) bond motifs is 1. The summed E-state index contributed by atoms with van der Waals surface area (Å²) in [4.78, 5) is 16.6. The van der Waals surface area contributed by atoms with Crippen molar-refractivity contribution in [3.05, 3.63) is 75.6 Å². The lowest BCUT2D eigenvalue weighted by atomic mass is 10.1. The number of benzene rings is 2. The minimum Gasteiger partial charge on any atom is -0.368 e. The summed E-state index contributed by atoms with van der Waals surface area (Å²) in [5.74, 6) is -3.88. The number of halogens is 5. The number of urea groups is 1. The molecule has 0 fully saturated rings. The first-order valence-electron chi connectivity index (χ1n) is 9.56. The first kappa shape index (κ1) is 22.9. The van der Waals surface area contributed by atoms with E-state index in [1.165, 1.54) is 0 Å². The van der Waals surface area contributed by atoms with E-state index in [4.69, 9.17) is 11.6 Å². The molecule has 0 spiro atoms. The molecule has 0 saturated carbocycles. The van der Waals surface area contributed by atoms with Crippen molar-refractivity contribution in [2.75, 3.05) is 23.7 Å². The van der Waals surface area contributed by atoms with Crippen LogP contribution in [0.4, 0.5) is 29.5 Å². The molecule has 0 radical (unpaired) electrons. The Hall–Kier alpha value is -3.31. The van der Waals surface area contributed by atoms with E-state index in [1.54, 1.807) is 22.8 Å². The summed E-state index contributed by atoms with van der Waals surface area (Å²) in [5, 5.41) is 12.6. The van der Waals surface area contributed by atoms with Crippen molar-refractivity contribution >= 4 is 50.7 Å². The predicted octanol–water partition coefficient (Wildman–Crippen LogP) is 5.46. The lowest BCUT2D eigenvalue weighted by Crippen LogP contribution is -2.33. The van der Waals surface area contributed by atoms with Gasteiger partial charge in [0.15, 0.2) is 23.1 Å². The molecule has 2 aromatic carbocycles. The summed E-state index contributed by atoms with van der Waals surface area (Å²) in [6, 6.07) is 9.93. The zero-order chi connectivity index (χ0) is 23.5. The van der Waals surface area contributed by atoms with Crippen molar-refractivity contribution in [3.63, 3.8) is 0 Å². The molecule has 170 valence electrons. The number of nitrogens with zero attached hydrogens (tertiary/aromatic N) is 3. The Kier molecular flexibility index (Phi) is 6.70. The molecule has 0 aliphatic heterocycles. The molecule has 7 nitrogen and oxygen atoms in total. The van der Waals surface area contributed by atoms with E-state index in [-0.39, 0.29) is 13.1 Å². The second-order valence-electron chi connectivity index (χ2n) is 6.76. The van der Waals surface area contributed by atoms with Gasteiger partial charge in [0, 0.05) is 29.7 Å². The Morgan fingerprint density at radius 3 is 2.67 bits per heavy atom. The minimum absolute atomic E-state index is 0.130. The van der Waals surface area contributed by atoms with Gasteiger partial charge in [0.2, 0.25) is 0 Å². The summed E-state index contributed by atoms with van der Waals surface area (Å²) in [5.41, 5.74) is 1.45. The van der Waals surface area contributed by atoms with Crippen LogP contribution in [0.15, 0.2) is 53.1 Å². The number of rotatable bonds is 6. The zero-order valence-corrected chi connectivity index (χ0v) is 19.0. The van der Waals surface area contributed by atoms with Gasteiger partial charge in [-0.25, -0.2) is 22.9 Å². The molecular formula is C21H15BrClF3N6O. The third-order valence-electron chi connectivity index (χ3n) is 4.58. The summed E-state index contributed by atoms with van der Waals surface area (Å²) in [6.07, 6.45) is 1.60. The van der Waals surface area contributed by atoms with Gasteiger partial charge < -0.3 is 16.0 Å². The van der Waals surface area contributed by atoms with Gasteiger partial charge in [0.05, 0.1) is 22.1 Å². The van der Waals surface area contributed by atoms with Crippen LogP contribution in [0, 0.1) is 17.5 Å². The van der Waals surface area contributed by atoms with E-state index < -0.39 is 29.2 Å². The normalized spacial score (nSPS) is 10.9. The molecule has 0 saturated heterocycles. The van der Waals surface area contributed by atoms with Crippen molar-refractivity contribution in [2.24, 2.45) is 0 Å². The average Bonchev–Trinajstić information content (AvgIpc) is 3.18. The van der Waals surface area contributed by atoms with Crippen LogP contribution in [0.5, 0.6) is 0 Å². The van der Waals surface area contributed by atoms with Gasteiger partial charge >= 0.3 is 6.03 Å². The molecule has 0 aliphatic carbocycles. The van der Waals surface area contributed by atoms with Crippen molar-refractivity contribution in [2.45, 2.75) is 0 Å². The molecule has 4 aromatic rings. The van der Waals surface area contributed by atoms with Crippen LogP contribution >= 0.6 is 27.5 Å². The summed E-state index contributed by atoms with van der Waals surface area (Å²) < 4.78 is 42.3. The van der Waals surface area contributed by atoms with Gasteiger partial charge in [-0.3, -0.25) is 0 Å². The molecule has 33 heavy (non-hydrogen) atoms. The fraction of sp³-hybridized carbons (Fsp3) is 0.0952. The zero-order valence-electron chi connectivity index (χ0n) is 16.7. The van der Waals surface area contributed by atoms with Crippen LogP contribution in [-0.2, 0) is 0 Å². The third kappa shape index (κ3) is 4.88. The lowest BCUT2D eigenvalue weighted by molar-refractivity contribution is 0.252. The SMILES string of the molecule is O=C(NCCNc1cc(-c2ccccc2Cl)nc2c(Br)cnn12)Nc1ccc(F)c(F)c1F. The molecule has 0 atom stereocenters. The number of carbonyl (C=O) groups is 1. The fourth-order valence-corrected chi connectivity index (χ4v) is 3.61. The first-order valence-corrected chi connectivity index (χ1v) is 10.7. The van der Waals surface area contributed by atoms with Crippen LogP contribution in [0.1, 0.15) is 0 Å². The van der Waals surface area contributed by atoms with Crippen molar-refractivity contribution in [1.29, 1.82) is 0 Å². The number of aromatic nitrogens is 3. The first-order chi connectivity index (χ1) is 15.8. The van der Waals surface area contributed by atoms with E-state index in [0.717, 1.165) is 17.7 Å². The van der Waals surface area contributed by atoms with Crippen LogP contribution in [0.3, 0.4) is 0 Å². The molecular weight excluding hydrogens is 525 g/mol. The average molecular weight is 540 g/mol. The maximum atomic E-state index is 13.7. The molecule has 4 rings (SSSR count). The predicted molar refractivity (Wildman–Crippen MR) is 123 cm³/mol. The van der Waals surface area contributed by atoms with Gasteiger partial charge in [0.1, 0.15) is 5.82 Å². The van der Waals surface area contributed by atoms with E-state index >= 15 is 0 Å². The monoisotopic (exact) mass is 538 g/mol. The van der Waals surface area contributed by atoms with E-state index in [1.807, 2.05) is 18.2 Å².